The summed E-state index contributed by atoms with van der Waals surface area (Å²) >= 11 is 33.0. The van der Waals surface area contributed by atoms with Crippen LogP contribution in [0.1, 0.15) is 0 Å². The van der Waals surface area contributed by atoms with Crippen LogP contribution in [0.25, 0.3) is 0 Å². The van der Waals surface area contributed by atoms with E-state index in [0.717, 1.165) is 0 Å². The quantitative estimate of drug-likeness (QED) is 0.504. The Bertz CT molecular complexity index is 219. The average molecular weight is 323 g/mol. The van der Waals surface area contributed by atoms with E-state index >= 15 is 0 Å². The normalized spacial score (nSPS) is 28.6. The van der Waals surface area contributed by atoms with Crippen LogP contribution < -0.4 is 0 Å². The number of halogens is 6. The molecule has 14 heavy (non-hydrogen) atoms. The second-order valence-electron chi connectivity index (χ2n) is 2.41. The summed E-state index contributed by atoms with van der Waals surface area (Å²) in [6.07, 6.45) is -3.56. The fourth-order valence-electron chi connectivity index (χ4n) is 0.836. The Labute approximate surface area is 109 Å². The lowest BCUT2D eigenvalue weighted by atomic mass is 10.2. The van der Waals surface area contributed by atoms with Gasteiger partial charge in [-0.1, -0.05) is 69.6 Å². The molecular weight excluding hydrogens is 321 g/mol. The molecule has 0 N–H and O–H groups in total. The van der Waals surface area contributed by atoms with Gasteiger partial charge in [0.2, 0.25) is 7.59 Å². The van der Waals surface area contributed by atoms with E-state index in [9.17, 15) is 4.79 Å². The fourth-order valence-corrected chi connectivity index (χ4v) is 1.79. The predicted octanol–water partition coefficient (Wildman–Crippen LogP) is 3.63. The first-order valence-electron chi connectivity index (χ1n) is 3.13. The summed E-state index contributed by atoms with van der Waals surface area (Å²) < 4.78 is 5.28. The monoisotopic (exact) mass is 320 g/mol. The Morgan fingerprint density at radius 1 is 0.857 bits per heavy atom. The Morgan fingerprint density at radius 3 is 1.36 bits per heavy atom. The molecule has 0 aromatic carbocycles. The second kappa shape index (κ2) is 4.11. The third-order valence-electron chi connectivity index (χ3n) is 1.37. The summed E-state index contributed by atoms with van der Waals surface area (Å²) in [5.74, 6) is 0. The lowest BCUT2D eigenvalue weighted by molar-refractivity contribution is 0.116. The lowest BCUT2D eigenvalue weighted by Crippen LogP contribution is -2.42. The van der Waals surface area contributed by atoms with Gasteiger partial charge < -0.3 is 9.47 Å². The highest BCUT2D eigenvalue weighted by Crippen LogP contribution is 2.45. The zero-order chi connectivity index (χ0) is 11.1. The van der Waals surface area contributed by atoms with Crippen LogP contribution in [-0.4, -0.2) is 25.9 Å². The van der Waals surface area contributed by atoms with Crippen molar-refractivity contribution in [3.8, 4) is 0 Å². The van der Waals surface area contributed by atoms with Gasteiger partial charge in [-0.15, -0.1) is 0 Å². The molecular formula is C5H2Cl6O3. The van der Waals surface area contributed by atoms with E-state index in [2.05, 4.69) is 9.47 Å². The van der Waals surface area contributed by atoms with Crippen LogP contribution in [0.2, 0.25) is 0 Å². The Hall–Kier alpha value is 1.01. The molecule has 0 unspecified atom stereocenters. The first-order valence-corrected chi connectivity index (χ1v) is 5.40. The molecule has 1 aliphatic rings. The number of carbonyl (C=O) groups excluding carboxylic acids is 1. The molecule has 3 nitrogen and oxygen atoms in total. The number of cyclic esters (lactones) is 2. The van der Waals surface area contributed by atoms with Crippen molar-refractivity contribution in [1.82, 2.24) is 0 Å². The maximum atomic E-state index is 10.8. The van der Waals surface area contributed by atoms with Gasteiger partial charge >= 0.3 is 6.16 Å². The summed E-state index contributed by atoms with van der Waals surface area (Å²) in [5.41, 5.74) is 0. The van der Waals surface area contributed by atoms with Crippen molar-refractivity contribution in [2.45, 2.75) is 19.8 Å². The van der Waals surface area contributed by atoms with Crippen LogP contribution in [0, 0.1) is 0 Å². The highest BCUT2D eigenvalue weighted by atomic mass is 35.6. The molecule has 2 atom stereocenters. The van der Waals surface area contributed by atoms with Crippen molar-refractivity contribution in [2.75, 3.05) is 0 Å². The van der Waals surface area contributed by atoms with Crippen molar-refractivity contribution < 1.29 is 14.3 Å². The Morgan fingerprint density at radius 2 is 1.14 bits per heavy atom. The van der Waals surface area contributed by atoms with E-state index in [4.69, 9.17) is 69.6 Å². The summed E-state index contributed by atoms with van der Waals surface area (Å²) in [5, 5.41) is 0. The van der Waals surface area contributed by atoms with E-state index < -0.39 is 25.9 Å². The third-order valence-corrected chi connectivity index (χ3v) is 2.66. The van der Waals surface area contributed by atoms with E-state index in [1.807, 2.05) is 0 Å². The average Bonchev–Trinajstić information content (AvgIpc) is 2.27. The zero-order valence-corrected chi connectivity index (χ0v) is 10.7. The molecule has 0 amide bonds. The first-order chi connectivity index (χ1) is 6.12. The highest BCUT2D eigenvalue weighted by molar-refractivity contribution is 6.70. The minimum atomic E-state index is -1.92. The van der Waals surface area contributed by atoms with Crippen LogP contribution in [0.15, 0.2) is 0 Å². The molecule has 0 aromatic heterocycles. The molecule has 0 bridgehead atoms. The molecule has 1 saturated heterocycles. The van der Waals surface area contributed by atoms with Crippen LogP contribution in [-0.2, 0) is 9.47 Å². The number of hydrogen-bond donors (Lipinski definition) is 0. The van der Waals surface area contributed by atoms with Crippen LogP contribution >= 0.6 is 69.6 Å². The topological polar surface area (TPSA) is 35.5 Å². The number of alkyl halides is 6. The summed E-state index contributed by atoms with van der Waals surface area (Å²) in [6.45, 7) is 0. The van der Waals surface area contributed by atoms with Gasteiger partial charge in [0.25, 0.3) is 0 Å². The number of rotatable bonds is 0. The SMILES string of the molecule is O=C1O[C@@H](C(Cl)(Cl)Cl)[C@@H](C(Cl)(Cl)Cl)O1. The van der Waals surface area contributed by atoms with Crippen molar-refractivity contribution in [1.29, 1.82) is 0 Å². The van der Waals surface area contributed by atoms with E-state index in [0.29, 0.717) is 0 Å². The van der Waals surface area contributed by atoms with Gasteiger partial charge in [-0.05, 0) is 0 Å². The molecule has 82 valence electrons. The number of carbonyl (C=O) groups is 1. The van der Waals surface area contributed by atoms with Gasteiger partial charge in [-0.2, -0.15) is 0 Å². The van der Waals surface area contributed by atoms with Crippen LogP contribution in [0.3, 0.4) is 0 Å². The standard InChI is InChI=1S/C5H2Cl6O3/c6-4(7,8)1-2(5(9,10)11)14-3(12)13-1/h1-2H/t1-,2+. The molecule has 0 aromatic rings. The molecule has 0 radical (unpaired) electrons. The molecule has 1 aliphatic heterocycles. The van der Waals surface area contributed by atoms with Crippen molar-refractivity contribution in [2.24, 2.45) is 0 Å². The van der Waals surface area contributed by atoms with Gasteiger partial charge in [0.05, 0.1) is 0 Å². The first kappa shape index (κ1) is 13.1. The van der Waals surface area contributed by atoms with Gasteiger partial charge in [-0.25, -0.2) is 4.79 Å². The van der Waals surface area contributed by atoms with Gasteiger partial charge in [-0.3, -0.25) is 0 Å². The summed E-state index contributed by atoms with van der Waals surface area (Å²) in [7, 11) is 0. The third kappa shape index (κ3) is 3.00. The Kier molecular flexibility index (Phi) is 3.84. The second-order valence-corrected chi connectivity index (χ2v) is 7.15. The van der Waals surface area contributed by atoms with E-state index in [-0.39, 0.29) is 0 Å². The largest absolute Gasteiger partial charge is 0.509 e. The van der Waals surface area contributed by atoms with Gasteiger partial charge in [0.15, 0.2) is 12.2 Å². The maximum Gasteiger partial charge on any atom is 0.509 e. The van der Waals surface area contributed by atoms with E-state index in [1.54, 1.807) is 0 Å². The number of hydrogen-bond acceptors (Lipinski definition) is 3. The van der Waals surface area contributed by atoms with Crippen molar-refractivity contribution >= 4 is 75.8 Å². The molecule has 1 fully saturated rings. The lowest BCUT2D eigenvalue weighted by Gasteiger charge is -2.25. The van der Waals surface area contributed by atoms with Crippen LogP contribution in [0.4, 0.5) is 4.79 Å². The fraction of sp³-hybridized carbons (Fsp3) is 0.800. The van der Waals surface area contributed by atoms with Crippen molar-refractivity contribution in [3.05, 3.63) is 0 Å². The smallest absolute Gasteiger partial charge is 0.422 e. The zero-order valence-electron chi connectivity index (χ0n) is 6.15. The van der Waals surface area contributed by atoms with Crippen LogP contribution in [0.5, 0.6) is 0 Å². The van der Waals surface area contributed by atoms with Gasteiger partial charge in [0.1, 0.15) is 0 Å². The molecule has 0 saturated carbocycles. The molecule has 0 aliphatic carbocycles. The maximum absolute atomic E-state index is 10.8. The molecule has 1 rings (SSSR count). The molecule has 9 heteroatoms. The minimum absolute atomic E-state index is 1.04. The Balaban J connectivity index is 2.89. The molecule has 0 spiro atoms. The van der Waals surface area contributed by atoms with Gasteiger partial charge in [0, 0.05) is 0 Å². The highest BCUT2D eigenvalue weighted by Gasteiger charge is 2.57. The number of ether oxygens (including phenoxy) is 2. The minimum Gasteiger partial charge on any atom is -0.422 e. The van der Waals surface area contributed by atoms with Crippen molar-refractivity contribution in [3.63, 3.8) is 0 Å². The summed E-state index contributed by atoms with van der Waals surface area (Å²) in [6, 6.07) is 0. The summed E-state index contributed by atoms with van der Waals surface area (Å²) in [4.78, 5) is 10.8. The predicted molar refractivity (Wildman–Crippen MR) is 55.7 cm³/mol. The molecule has 1 heterocycles. The van der Waals surface area contributed by atoms with E-state index in [1.165, 1.54) is 0 Å².